The Kier molecular flexibility index (Phi) is 3.56. The molecule has 0 aliphatic heterocycles. The van der Waals surface area contributed by atoms with E-state index in [4.69, 9.17) is 4.74 Å². The van der Waals surface area contributed by atoms with Gasteiger partial charge in [0.1, 0.15) is 5.75 Å². The Balaban J connectivity index is 2.84. The van der Waals surface area contributed by atoms with Gasteiger partial charge in [-0.25, -0.2) is 0 Å². The third-order valence-electron chi connectivity index (χ3n) is 1.67. The number of ketones is 1. The molecule has 0 heterocycles. The molecule has 1 aromatic carbocycles. The summed E-state index contributed by atoms with van der Waals surface area (Å²) in [6.07, 6.45) is -4.65. The molecule has 0 fully saturated rings. The lowest BCUT2D eigenvalue weighted by molar-refractivity contribution is -0.0697. The van der Waals surface area contributed by atoms with E-state index < -0.39 is 12.0 Å². The van der Waals surface area contributed by atoms with Gasteiger partial charge in [-0.2, -0.15) is 13.2 Å². The van der Waals surface area contributed by atoms with Crippen molar-refractivity contribution in [2.75, 3.05) is 7.11 Å². The van der Waals surface area contributed by atoms with Crippen LogP contribution in [0.1, 0.15) is 10.4 Å². The second kappa shape index (κ2) is 4.71. The Bertz CT molecular complexity index is 435. The zero-order chi connectivity index (χ0) is 12.2. The number of rotatable bonds is 2. The maximum Gasteiger partial charge on any atom is 0.458 e. The lowest BCUT2D eigenvalue weighted by Gasteiger charge is -1.99. The first-order chi connectivity index (χ1) is 7.42. The standard InChI is InChI=1S/C11H7F3O2/c1-16-9-4-2-8(3-5-9)10(15)6-7-11(12,13)14/h2-5H,1H3. The molecular formula is C11H7F3O2. The topological polar surface area (TPSA) is 26.3 Å². The Morgan fingerprint density at radius 1 is 1.25 bits per heavy atom. The van der Waals surface area contributed by atoms with E-state index in [2.05, 4.69) is 0 Å². The van der Waals surface area contributed by atoms with Crippen molar-refractivity contribution in [1.82, 2.24) is 0 Å². The summed E-state index contributed by atoms with van der Waals surface area (Å²) in [5, 5.41) is 0. The van der Waals surface area contributed by atoms with Gasteiger partial charge in [-0.15, -0.1) is 0 Å². The molecular weight excluding hydrogens is 221 g/mol. The van der Waals surface area contributed by atoms with Gasteiger partial charge < -0.3 is 4.74 Å². The van der Waals surface area contributed by atoms with Crippen molar-refractivity contribution in [1.29, 1.82) is 0 Å². The van der Waals surface area contributed by atoms with Gasteiger partial charge in [0.15, 0.2) is 0 Å². The normalized spacial score (nSPS) is 10.2. The zero-order valence-corrected chi connectivity index (χ0v) is 8.26. The van der Waals surface area contributed by atoms with Crippen molar-refractivity contribution in [3.8, 4) is 17.6 Å². The lowest BCUT2D eigenvalue weighted by atomic mass is 10.1. The van der Waals surface area contributed by atoms with Crippen LogP contribution in [0.5, 0.6) is 5.75 Å². The Labute approximate surface area is 90.0 Å². The van der Waals surface area contributed by atoms with Crippen molar-refractivity contribution in [3.05, 3.63) is 29.8 Å². The molecule has 0 amide bonds. The summed E-state index contributed by atoms with van der Waals surface area (Å²) in [7, 11) is 1.44. The van der Waals surface area contributed by atoms with Crippen LogP contribution in [0.15, 0.2) is 24.3 Å². The van der Waals surface area contributed by atoms with Gasteiger partial charge in [-0.05, 0) is 30.2 Å². The number of hydrogen-bond donors (Lipinski definition) is 0. The summed E-state index contributed by atoms with van der Waals surface area (Å²) < 4.78 is 39.9. The summed E-state index contributed by atoms with van der Waals surface area (Å²) in [5.41, 5.74) is 0.0950. The fraction of sp³-hybridized carbons (Fsp3) is 0.182. The molecule has 0 bridgehead atoms. The van der Waals surface area contributed by atoms with Gasteiger partial charge in [-0.3, -0.25) is 4.79 Å². The Morgan fingerprint density at radius 2 is 1.81 bits per heavy atom. The highest BCUT2D eigenvalue weighted by atomic mass is 19.4. The van der Waals surface area contributed by atoms with Crippen molar-refractivity contribution >= 4 is 5.78 Å². The molecule has 84 valence electrons. The second-order valence-electron chi connectivity index (χ2n) is 2.81. The van der Waals surface area contributed by atoms with Crippen LogP contribution in [0.25, 0.3) is 0 Å². The first-order valence-corrected chi connectivity index (χ1v) is 4.20. The highest BCUT2D eigenvalue weighted by Crippen LogP contribution is 2.13. The molecule has 0 aliphatic carbocycles. The van der Waals surface area contributed by atoms with Gasteiger partial charge in [0.2, 0.25) is 5.78 Å². The summed E-state index contributed by atoms with van der Waals surface area (Å²) in [6, 6.07) is 5.66. The average molecular weight is 228 g/mol. The molecule has 0 saturated carbocycles. The Morgan fingerprint density at radius 3 is 2.25 bits per heavy atom. The van der Waals surface area contributed by atoms with Gasteiger partial charge in [0, 0.05) is 11.5 Å². The number of Topliss-reactive ketones (excluding diaryl/α,β-unsaturated/α-hetero) is 1. The molecule has 0 radical (unpaired) electrons. The van der Waals surface area contributed by atoms with Crippen molar-refractivity contribution in [2.24, 2.45) is 0 Å². The number of methoxy groups -OCH3 is 1. The van der Waals surface area contributed by atoms with E-state index in [1.54, 1.807) is 0 Å². The molecule has 0 spiro atoms. The molecule has 0 saturated heterocycles. The number of ether oxygens (including phenoxy) is 1. The fourth-order valence-electron chi connectivity index (χ4n) is 0.942. The molecule has 2 nitrogen and oxygen atoms in total. The van der Waals surface area contributed by atoms with Gasteiger partial charge in [0.25, 0.3) is 0 Å². The third kappa shape index (κ3) is 3.65. The van der Waals surface area contributed by atoms with Gasteiger partial charge in [-0.1, -0.05) is 0 Å². The predicted molar refractivity (Wildman–Crippen MR) is 51.2 cm³/mol. The van der Waals surface area contributed by atoms with Crippen LogP contribution in [0, 0.1) is 11.8 Å². The van der Waals surface area contributed by atoms with E-state index in [-0.39, 0.29) is 5.56 Å². The number of benzene rings is 1. The number of carbonyl (C=O) groups excluding carboxylic acids is 1. The van der Waals surface area contributed by atoms with Crippen molar-refractivity contribution in [3.63, 3.8) is 0 Å². The summed E-state index contributed by atoms with van der Waals surface area (Å²) in [4.78, 5) is 11.2. The lowest BCUT2D eigenvalue weighted by Crippen LogP contribution is -2.04. The number of halogens is 3. The Hall–Kier alpha value is -1.96. The number of alkyl halides is 3. The van der Waals surface area contributed by atoms with E-state index in [9.17, 15) is 18.0 Å². The zero-order valence-electron chi connectivity index (χ0n) is 8.26. The van der Waals surface area contributed by atoms with Crippen LogP contribution in [0.2, 0.25) is 0 Å². The first kappa shape index (κ1) is 12.1. The van der Waals surface area contributed by atoms with E-state index in [1.165, 1.54) is 37.3 Å². The molecule has 0 unspecified atom stereocenters. The summed E-state index contributed by atoms with van der Waals surface area (Å²) in [5.74, 6) is 2.08. The minimum absolute atomic E-state index is 0.0950. The quantitative estimate of drug-likeness (QED) is 0.441. The largest absolute Gasteiger partial charge is 0.497 e. The molecule has 1 rings (SSSR count). The van der Waals surface area contributed by atoms with E-state index in [0.717, 1.165) is 5.92 Å². The van der Waals surface area contributed by atoms with Crippen LogP contribution in [-0.4, -0.2) is 19.1 Å². The highest BCUT2D eigenvalue weighted by molar-refractivity contribution is 6.09. The van der Waals surface area contributed by atoms with E-state index in [0.29, 0.717) is 5.75 Å². The maximum absolute atomic E-state index is 11.7. The minimum atomic E-state index is -4.65. The smallest absolute Gasteiger partial charge is 0.458 e. The maximum atomic E-state index is 11.7. The van der Waals surface area contributed by atoms with Crippen LogP contribution >= 0.6 is 0 Å². The monoisotopic (exact) mass is 228 g/mol. The minimum Gasteiger partial charge on any atom is -0.497 e. The van der Waals surface area contributed by atoms with Gasteiger partial charge in [0.05, 0.1) is 7.11 Å². The SMILES string of the molecule is COc1ccc(C(=O)C#CC(F)(F)F)cc1. The number of hydrogen-bond acceptors (Lipinski definition) is 2. The summed E-state index contributed by atoms with van der Waals surface area (Å²) >= 11 is 0. The van der Waals surface area contributed by atoms with Crippen molar-refractivity contribution in [2.45, 2.75) is 6.18 Å². The van der Waals surface area contributed by atoms with Crippen LogP contribution in [0.3, 0.4) is 0 Å². The predicted octanol–water partition coefficient (Wildman–Crippen LogP) is 2.44. The van der Waals surface area contributed by atoms with Gasteiger partial charge >= 0.3 is 6.18 Å². The van der Waals surface area contributed by atoms with E-state index in [1.807, 2.05) is 0 Å². The first-order valence-electron chi connectivity index (χ1n) is 4.20. The van der Waals surface area contributed by atoms with Crippen LogP contribution < -0.4 is 4.74 Å². The molecule has 5 heteroatoms. The van der Waals surface area contributed by atoms with E-state index >= 15 is 0 Å². The molecule has 0 aromatic heterocycles. The molecule has 0 atom stereocenters. The summed E-state index contributed by atoms with van der Waals surface area (Å²) in [6.45, 7) is 0. The number of carbonyl (C=O) groups is 1. The molecule has 0 N–H and O–H groups in total. The molecule has 0 aliphatic rings. The highest BCUT2D eigenvalue weighted by Gasteiger charge is 2.23. The second-order valence-corrected chi connectivity index (χ2v) is 2.81. The van der Waals surface area contributed by atoms with Crippen LogP contribution in [0.4, 0.5) is 13.2 Å². The van der Waals surface area contributed by atoms with Crippen LogP contribution in [-0.2, 0) is 0 Å². The average Bonchev–Trinajstić information content (AvgIpc) is 2.25. The third-order valence-corrected chi connectivity index (χ3v) is 1.67. The molecule has 16 heavy (non-hydrogen) atoms. The van der Waals surface area contributed by atoms with Crippen molar-refractivity contribution < 1.29 is 22.7 Å². The fourth-order valence-corrected chi connectivity index (χ4v) is 0.942. The molecule has 1 aromatic rings.